The topological polar surface area (TPSA) is 97.0 Å². The fraction of sp³-hybridized carbons (Fsp3) is 0.438. The molecule has 27 heavy (non-hydrogen) atoms. The molecule has 1 aromatic carbocycles. The number of carbonyl (C=O) groups excluding carboxylic acids is 3. The molecule has 2 aliphatic heterocycles. The minimum absolute atomic E-state index is 0.0695. The molecular formula is C16H16F3N3O5. The first-order valence-electron chi connectivity index (χ1n) is 8.05. The molecule has 0 aromatic heterocycles. The van der Waals surface area contributed by atoms with Crippen LogP contribution in [-0.4, -0.2) is 54.6 Å². The number of fused-ring (bicyclic) bond motifs is 1. The highest BCUT2D eigenvalue weighted by Crippen LogP contribution is 2.30. The maximum atomic E-state index is 12.4. The molecule has 2 heterocycles. The molecule has 8 nitrogen and oxygen atoms in total. The van der Waals surface area contributed by atoms with Gasteiger partial charge in [-0.1, -0.05) is 12.1 Å². The molecular weight excluding hydrogens is 371 g/mol. The highest BCUT2D eigenvalue weighted by atomic mass is 19.4. The summed E-state index contributed by atoms with van der Waals surface area (Å²) >= 11 is 0. The molecule has 3 amide bonds. The van der Waals surface area contributed by atoms with Gasteiger partial charge in [-0.3, -0.25) is 25.2 Å². The molecule has 0 aliphatic carbocycles. The fourth-order valence-electron chi connectivity index (χ4n) is 2.77. The van der Waals surface area contributed by atoms with E-state index in [0.717, 1.165) is 0 Å². The van der Waals surface area contributed by atoms with E-state index in [9.17, 15) is 27.6 Å². The zero-order valence-electron chi connectivity index (χ0n) is 13.9. The summed E-state index contributed by atoms with van der Waals surface area (Å²) < 4.78 is 48.0. The van der Waals surface area contributed by atoms with Crippen molar-refractivity contribution in [3.8, 4) is 11.5 Å². The number of likely N-dealkylation sites (tertiary alicyclic amines) is 1. The number of rotatable bonds is 3. The second-order valence-electron chi connectivity index (χ2n) is 6.13. The number of ether oxygens (including phenoxy) is 2. The minimum Gasteiger partial charge on any atom is -0.485 e. The summed E-state index contributed by atoms with van der Waals surface area (Å²) in [7, 11) is 0. The van der Waals surface area contributed by atoms with Crippen molar-refractivity contribution in [3.05, 3.63) is 24.3 Å². The standard InChI is InChI=1S/C16H16F3N3O5/c17-16(18,19)8-22-6-9(5-13(22)23)14(24)20-21-15(25)12-7-26-10-3-1-2-4-11(10)27-12/h1-4,9,12H,5-8H2,(H,20,24)(H,21,25)/t9-,12+/m0/s1. The molecule has 0 spiro atoms. The van der Waals surface area contributed by atoms with Gasteiger partial charge in [0.2, 0.25) is 17.9 Å². The van der Waals surface area contributed by atoms with E-state index in [0.29, 0.717) is 16.4 Å². The zero-order valence-corrected chi connectivity index (χ0v) is 13.9. The first-order valence-corrected chi connectivity index (χ1v) is 8.05. The van der Waals surface area contributed by atoms with Crippen molar-refractivity contribution in [1.29, 1.82) is 0 Å². The molecule has 2 aliphatic rings. The van der Waals surface area contributed by atoms with Crippen molar-refractivity contribution in [2.45, 2.75) is 18.7 Å². The lowest BCUT2D eigenvalue weighted by Gasteiger charge is -2.25. The smallest absolute Gasteiger partial charge is 0.406 e. The molecule has 0 radical (unpaired) electrons. The molecule has 0 bridgehead atoms. The predicted molar refractivity (Wildman–Crippen MR) is 83.4 cm³/mol. The number of hydrogen-bond donors (Lipinski definition) is 2. The number of carbonyl (C=O) groups is 3. The van der Waals surface area contributed by atoms with E-state index < -0.39 is 42.5 Å². The summed E-state index contributed by atoms with van der Waals surface area (Å²) in [6.07, 6.45) is -5.90. The van der Waals surface area contributed by atoms with Crippen molar-refractivity contribution < 1.29 is 37.0 Å². The van der Waals surface area contributed by atoms with Gasteiger partial charge in [0.1, 0.15) is 13.2 Å². The van der Waals surface area contributed by atoms with E-state index in [1.54, 1.807) is 24.3 Å². The van der Waals surface area contributed by atoms with Crippen molar-refractivity contribution >= 4 is 17.7 Å². The Morgan fingerprint density at radius 3 is 2.52 bits per heavy atom. The Labute approximate surface area is 151 Å². The summed E-state index contributed by atoms with van der Waals surface area (Å²) in [5, 5.41) is 0. The van der Waals surface area contributed by atoms with Crippen molar-refractivity contribution in [1.82, 2.24) is 15.8 Å². The van der Waals surface area contributed by atoms with Crippen LogP contribution < -0.4 is 20.3 Å². The van der Waals surface area contributed by atoms with Crippen molar-refractivity contribution in [3.63, 3.8) is 0 Å². The summed E-state index contributed by atoms with van der Waals surface area (Å²) in [4.78, 5) is 36.3. The third-order valence-electron chi connectivity index (χ3n) is 4.07. The van der Waals surface area contributed by atoms with E-state index in [1.807, 2.05) is 0 Å². The van der Waals surface area contributed by atoms with Gasteiger partial charge in [-0.2, -0.15) is 13.2 Å². The molecule has 1 fully saturated rings. The van der Waals surface area contributed by atoms with Crippen LogP contribution in [0.4, 0.5) is 13.2 Å². The van der Waals surface area contributed by atoms with Gasteiger partial charge in [0, 0.05) is 13.0 Å². The zero-order chi connectivity index (χ0) is 19.6. The maximum Gasteiger partial charge on any atom is 0.406 e. The summed E-state index contributed by atoms with van der Waals surface area (Å²) in [6.45, 7) is -1.84. The van der Waals surface area contributed by atoms with E-state index in [1.165, 1.54) is 0 Å². The molecule has 0 saturated carbocycles. The number of hydrazine groups is 1. The lowest BCUT2D eigenvalue weighted by Crippen LogP contribution is -2.52. The molecule has 1 saturated heterocycles. The molecule has 0 unspecified atom stereocenters. The Bertz CT molecular complexity index is 755. The fourth-order valence-corrected chi connectivity index (χ4v) is 2.77. The van der Waals surface area contributed by atoms with Crippen LogP contribution in [0.5, 0.6) is 11.5 Å². The van der Waals surface area contributed by atoms with Crippen LogP contribution in [0.2, 0.25) is 0 Å². The monoisotopic (exact) mass is 387 g/mol. The van der Waals surface area contributed by atoms with Gasteiger partial charge in [0.25, 0.3) is 5.91 Å². The Morgan fingerprint density at radius 1 is 1.15 bits per heavy atom. The normalized spacial score (nSPS) is 21.7. The Kier molecular flexibility index (Phi) is 5.10. The highest BCUT2D eigenvalue weighted by molar-refractivity contribution is 5.91. The number of benzene rings is 1. The Balaban J connectivity index is 1.48. The largest absolute Gasteiger partial charge is 0.485 e. The van der Waals surface area contributed by atoms with Crippen molar-refractivity contribution in [2.75, 3.05) is 19.7 Å². The quantitative estimate of drug-likeness (QED) is 0.732. The average molecular weight is 387 g/mol. The molecule has 2 N–H and O–H groups in total. The molecule has 1 aromatic rings. The minimum atomic E-state index is -4.54. The number of alkyl halides is 3. The van der Waals surface area contributed by atoms with Crippen LogP contribution in [0.3, 0.4) is 0 Å². The number of nitrogens with zero attached hydrogens (tertiary/aromatic N) is 1. The molecule has 3 rings (SSSR count). The van der Waals surface area contributed by atoms with Gasteiger partial charge in [0.15, 0.2) is 11.5 Å². The number of para-hydroxylation sites is 2. The second kappa shape index (κ2) is 7.33. The Hall–Kier alpha value is -2.98. The van der Waals surface area contributed by atoms with E-state index >= 15 is 0 Å². The van der Waals surface area contributed by atoms with Crippen LogP contribution >= 0.6 is 0 Å². The first-order chi connectivity index (χ1) is 12.7. The first kappa shape index (κ1) is 18.8. The molecule has 11 heteroatoms. The predicted octanol–water partition coefficient (Wildman–Crippen LogP) is 0.385. The van der Waals surface area contributed by atoms with E-state index in [-0.39, 0.29) is 19.6 Å². The van der Waals surface area contributed by atoms with Gasteiger partial charge < -0.3 is 14.4 Å². The average Bonchev–Trinajstić information content (AvgIpc) is 2.98. The number of nitrogens with one attached hydrogen (secondary N) is 2. The Morgan fingerprint density at radius 2 is 1.81 bits per heavy atom. The SMILES string of the molecule is O=C(NNC(=O)[C@H]1COc2ccccc2O1)[C@H]1CC(=O)N(CC(F)(F)F)C1. The van der Waals surface area contributed by atoms with E-state index in [2.05, 4.69) is 10.9 Å². The third kappa shape index (κ3) is 4.60. The van der Waals surface area contributed by atoms with Crippen LogP contribution in [0.15, 0.2) is 24.3 Å². The summed E-state index contributed by atoms with van der Waals surface area (Å²) in [5.74, 6) is -2.32. The number of amides is 3. The number of halogens is 3. The third-order valence-corrected chi connectivity index (χ3v) is 4.07. The van der Waals surface area contributed by atoms with Gasteiger partial charge >= 0.3 is 6.18 Å². The van der Waals surface area contributed by atoms with Gasteiger partial charge in [-0.05, 0) is 12.1 Å². The van der Waals surface area contributed by atoms with Gasteiger partial charge in [-0.15, -0.1) is 0 Å². The van der Waals surface area contributed by atoms with Crippen LogP contribution in [0.25, 0.3) is 0 Å². The molecule has 146 valence electrons. The maximum absolute atomic E-state index is 12.4. The lowest BCUT2D eigenvalue weighted by molar-refractivity contribution is -0.157. The van der Waals surface area contributed by atoms with E-state index in [4.69, 9.17) is 9.47 Å². The van der Waals surface area contributed by atoms with Crippen LogP contribution in [0, 0.1) is 5.92 Å². The number of hydrogen-bond acceptors (Lipinski definition) is 5. The van der Waals surface area contributed by atoms with Crippen molar-refractivity contribution in [2.24, 2.45) is 5.92 Å². The highest BCUT2D eigenvalue weighted by Gasteiger charge is 2.40. The second-order valence-corrected chi connectivity index (χ2v) is 6.13. The summed E-state index contributed by atoms with van der Waals surface area (Å²) in [5.41, 5.74) is 4.26. The van der Waals surface area contributed by atoms with Gasteiger partial charge in [-0.25, -0.2) is 0 Å². The van der Waals surface area contributed by atoms with Gasteiger partial charge in [0.05, 0.1) is 5.92 Å². The van der Waals surface area contributed by atoms with Crippen LogP contribution in [0.1, 0.15) is 6.42 Å². The van der Waals surface area contributed by atoms with Crippen LogP contribution in [-0.2, 0) is 14.4 Å². The summed E-state index contributed by atoms with van der Waals surface area (Å²) in [6, 6.07) is 6.74. The lowest BCUT2D eigenvalue weighted by atomic mass is 10.1. The molecule has 2 atom stereocenters.